The number of piperidine rings is 1. The van der Waals surface area contributed by atoms with Crippen molar-refractivity contribution in [2.45, 2.75) is 55.5 Å². The SMILES string of the molecule is CN1[C@@H]2CCC[C@@]1(n1c(=O)[nH]c(C3CCSSS3)c(-c3ccnnn3)c1=O)CC2. The molecule has 3 atom stereocenters. The number of fused-ring (bicyclic) bond motifs is 2. The summed E-state index contributed by atoms with van der Waals surface area (Å²) in [6.45, 7) is 0. The van der Waals surface area contributed by atoms with Crippen molar-refractivity contribution >= 4 is 31.4 Å². The maximum absolute atomic E-state index is 13.9. The van der Waals surface area contributed by atoms with E-state index in [1.54, 1.807) is 37.5 Å². The van der Waals surface area contributed by atoms with Crippen molar-refractivity contribution < 1.29 is 0 Å². The number of nitrogens with zero attached hydrogens (tertiary/aromatic N) is 5. The smallest absolute Gasteiger partial charge is 0.309 e. The maximum Gasteiger partial charge on any atom is 0.330 e. The summed E-state index contributed by atoms with van der Waals surface area (Å²) in [5, 5.41) is 11.7. The fraction of sp³-hybridized carbons (Fsp3) is 0.611. The number of nitrogens with one attached hydrogen (secondary N) is 1. The Morgan fingerprint density at radius 2 is 2.14 bits per heavy atom. The molecule has 154 valence electrons. The zero-order chi connectivity index (χ0) is 20.0. The molecule has 0 saturated carbocycles. The van der Waals surface area contributed by atoms with Gasteiger partial charge in [-0.2, -0.15) is 0 Å². The predicted molar refractivity (Wildman–Crippen MR) is 118 cm³/mol. The largest absolute Gasteiger partial charge is 0.330 e. The minimum absolute atomic E-state index is 0.0409. The summed E-state index contributed by atoms with van der Waals surface area (Å²) in [4.78, 5) is 32.6. The molecule has 0 aromatic carbocycles. The second-order valence-electron chi connectivity index (χ2n) is 7.81. The number of hydrogen-bond donors (Lipinski definition) is 1. The lowest BCUT2D eigenvalue weighted by Crippen LogP contribution is -2.58. The van der Waals surface area contributed by atoms with Crippen molar-refractivity contribution in [1.29, 1.82) is 0 Å². The van der Waals surface area contributed by atoms with Gasteiger partial charge in [0.05, 0.1) is 17.0 Å². The summed E-state index contributed by atoms with van der Waals surface area (Å²) in [6, 6.07) is 2.13. The van der Waals surface area contributed by atoms with Crippen LogP contribution in [-0.4, -0.2) is 48.7 Å². The Labute approximate surface area is 179 Å². The summed E-state index contributed by atoms with van der Waals surface area (Å²) >= 11 is 0. The quantitative estimate of drug-likeness (QED) is 0.708. The molecule has 2 aromatic rings. The van der Waals surface area contributed by atoms with Gasteiger partial charge >= 0.3 is 5.69 Å². The molecule has 11 heteroatoms. The van der Waals surface area contributed by atoms with Crippen molar-refractivity contribution in [2.75, 3.05) is 12.8 Å². The van der Waals surface area contributed by atoms with Crippen molar-refractivity contribution in [3.8, 4) is 11.3 Å². The van der Waals surface area contributed by atoms with E-state index in [1.165, 1.54) is 10.8 Å². The van der Waals surface area contributed by atoms with Crippen molar-refractivity contribution in [3.05, 3.63) is 38.8 Å². The average molecular weight is 451 g/mol. The molecular weight excluding hydrogens is 428 g/mol. The zero-order valence-corrected chi connectivity index (χ0v) is 18.5. The highest BCUT2D eigenvalue weighted by molar-refractivity contribution is 9.09. The van der Waals surface area contributed by atoms with Gasteiger partial charge in [-0.25, -0.2) is 9.36 Å². The number of H-pyrrole nitrogens is 1. The average Bonchev–Trinajstić information content (AvgIpc) is 2.92. The Morgan fingerprint density at radius 1 is 1.24 bits per heavy atom. The predicted octanol–water partition coefficient (Wildman–Crippen LogP) is 2.79. The minimum Gasteiger partial charge on any atom is -0.309 e. The van der Waals surface area contributed by atoms with Crippen LogP contribution in [0.5, 0.6) is 0 Å². The summed E-state index contributed by atoms with van der Waals surface area (Å²) in [6.07, 6.45) is 7.23. The summed E-state index contributed by atoms with van der Waals surface area (Å²) in [5.41, 5.74) is 0.473. The van der Waals surface area contributed by atoms with E-state index in [2.05, 4.69) is 25.3 Å². The van der Waals surface area contributed by atoms with Crippen LogP contribution in [0.25, 0.3) is 11.3 Å². The minimum atomic E-state index is -0.550. The third-order valence-electron chi connectivity index (χ3n) is 6.49. The normalized spacial score (nSPS) is 29.8. The maximum atomic E-state index is 13.9. The van der Waals surface area contributed by atoms with Crippen LogP contribution in [0.3, 0.4) is 0 Å². The van der Waals surface area contributed by atoms with Gasteiger partial charge in [0.15, 0.2) is 0 Å². The molecule has 2 aromatic heterocycles. The summed E-state index contributed by atoms with van der Waals surface area (Å²) in [7, 11) is 7.23. The molecule has 29 heavy (non-hydrogen) atoms. The van der Waals surface area contributed by atoms with Gasteiger partial charge < -0.3 is 4.98 Å². The van der Waals surface area contributed by atoms with E-state index >= 15 is 0 Å². The molecule has 1 N–H and O–H groups in total. The molecule has 3 aliphatic rings. The van der Waals surface area contributed by atoms with Gasteiger partial charge in [-0.05, 0) is 66.7 Å². The van der Waals surface area contributed by atoms with Crippen LogP contribution in [0.1, 0.15) is 49.5 Å². The monoisotopic (exact) mass is 450 g/mol. The molecular formula is C18H22N6O2S3. The topological polar surface area (TPSA) is 96.8 Å². The molecule has 5 heterocycles. The zero-order valence-electron chi connectivity index (χ0n) is 16.0. The number of aromatic nitrogens is 5. The first kappa shape index (κ1) is 19.7. The third-order valence-corrected chi connectivity index (χ3v) is 11.1. The van der Waals surface area contributed by atoms with Gasteiger partial charge in [0.25, 0.3) is 5.56 Å². The highest BCUT2D eigenvalue weighted by atomic mass is 33.5. The van der Waals surface area contributed by atoms with Crippen LogP contribution in [0, 0.1) is 0 Å². The van der Waals surface area contributed by atoms with Gasteiger partial charge in [-0.3, -0.25) is 9.69 Å². The molecule has 3 fully saturated rings. The van der Waals surface area contributed by atoms with E-state index in [4.69, 9.17) is 0 Å². The first-order valence-corrected chi connectivity index (χ1v) is 13.6. The van der Waals surface area contributed by atoms with Crippen LogP contribution in [0.2, 0.25) is 0 Å². The highest BCUT2D eigenvalue weighted by Crippen LogP contribution is 2.52. The van der Waals surface area contributed by atoms with E-state index in [0.717, 1.165) is 44.3 Å². The van der Waals surface area contributed by atoms with Gasteiger partial charge in [0.2, 0.25) is 0 Å². The van der Waals surface area contributed by atoms with Crippen molar-refractivity contribution in [1.82, 2.24) is 29.9 Å². The molecule has 0 amide bonds. The standard InChI is InChI=1S/C18H22N6O2S3/c1-23-11-3-2-7-18(23,8-4-11)24-16(25)14(12-5-9-19-22-21-12)15(20-17(24)26)13-6-10-27-29-28-13/h5,9,11,13H,2-4,6-8,10H2,1H3,(H,20,26)/t11-,13?,18-/m1/s1. The first-order chi connectivity index (χ1) is 14.1. The van der Waals surface area contributed by atoms with Crippen molar-refractivity contribution in [2.24, 2.45) is 0 Å². The molecule has 0 radical (unpaired) electrons. The Balaban J connectivity index is 1.74. The van der Waals surface area contributed by atoms with E-state index < -0.39 is 5.66 Å². The molecule has 3 aliphatic heterocycles. The molecule has 2 bridgehead atoms. The van der Waals surface area contributed by atoms with Crippen LogP contribution >= 0.6 is 31.4 Å². The Bertz CT molecular complexity index is 1020. The first-order valence-electron chi connectivity index (χ1n) is 9.84. The molecule has 5 rings (SSSR count). The van der Waals surface area contributed by atoms with E-state index in [0.29, 0.717) is 23.0 Å². The fourth-order valence-electron chi connectivity index (χ4n) is 5.05. The molecule has 0 spiro atoms. The van der Waals surface area contributed by atoms with E-state index in [1.807, 2.05) is 7.05 Å². The van der Waals surface area contributed by atoms with Crippen LogP contribution in [-0.2, 0) is 5.66 Å². The fourth-order valence-corrected chi connectivity index (χ4v) is 9.72. The van der Waals surface area contributed by atoms with E-state index in [9.17, 15) is 9.59 Å². The van der Waals surface area contributed by atoms with Gasteiger partial charge in [0, 0.05) is 17.5 Å². The second kappa shape index (κ2) is 7.75. The van der Waals surface area contributed by atoms with Crippen molar-refractivity contribution in [3.63, 3.8) is 0 Å². The Hall–Kier alpha value is -1.30. The second-order valence-corrected chi connectivity index (χ2v) is 12.3. The lowest BCUT2D eigenvalue weighted by molar-refractivity contribution is 0.0101. The molecule has 1 unspecified atom stereocenters. The van der Waals surface area contributed by atoms with Gasteiger partial charge in [-0.1, -0.05) is 21.6 Å². The van der Waals surface area contributed by atoms with E-state index in [-0.39, 0.29) is 16.5 Å². The Morgan fingerprint density at radius 3 is 2.90 bits per heavy atom. The number of aromatic amines is 1. The Kier molecular flexibility index (Phi) is 5.25. The third kappa shape index (κ3) is 3.17. The van der Waals surface area contributed by atoms with Crippen LogP contribution in [0.15, 0.2) is 21.9 Å². The molecule has 3 saturated heterocycles. The number of hydrogen-bond acceptors (Lipinski definition) is 9. The van der Waals surface area contributed by atoms with Crippen LogP contribution < -0.4 is 11.2 Å². The molecule has 0 aliphatic carbocycles. The van der Waals surface area contributed by atoms with Gasteiger partial charge in [0.1, 0.15) is 11.4 Å². The van der Waals surface area contributed by atoms with Crippen LogP contribution in [0.4, 0.5) is 0 Å². The summed E-state index contributed by atoms with van der Waals surface area (Å²) in [5.74, 6) is 0.975. The highest BCUT2D eigenvalue weighted by Gasteiger charge is 2.50. The summed E-state index contributed by atoms with van der Waals surface area (Å²) < 4.78 is 1.47. The van der Waals surface area contributed by atoms with Gasteiger partial charge in [-0.15, -0.1) is 10.2 Å². The lowest BCUT2D eigenvalue weighted by atomic mass is 9.96. The number of rotatable bonds is 3. The lowest BCUT2D eigenvalue weighted by Gasteiger charge is -2.43. The molecule has 8 nitrogen and oxygen atoms in total.